The molecule has 0 atom stereocenters. The van der Waals surface area contributed by atoms with E-state index in [0.717, 1.165) is 78.2 Å². The number of nitrogens with zero attached hydrogens (tertiary/aromatic N) is 5. The summed E-state index contributed by atoms with van der Waals surface area (Å²) in [5, 5.41) is 3.43. The number of hydrogen-bond donors (Lipinski definition) is 0. The maximum atomic E-state index is 5.35. The van der Waals surface area contributed by atoms with Crippen LogP contribution in [0.1, 0.15) is 0 Å². The molecule has 220 valence electrons. The zero-order chi connectivity index (χ0) is 31.2. The molecule has 47 heavy (non-hydrogen) atoms. The lowest BCUT2D eigenvalue weighted by Crippen LogP contribution is -1.96. The summed E-state index contributed by atoms with van der Waals surface area (Å²) in [6, 6.07) is 52.3. The van der Waals surface area contributed by atoms with Gasteiger partial charge in [0.05, 0.1) is 45.0 Å². The summed E-state index contributed by atoms with van der Waals surface area (Å²) in [6.07, 6.45) is 3.60. The van der Waals surface area contributed by atoms with Crippen LogP contribution in [-0.2, 0) is 0 Å². The molecule has 5 heterocycles. The number of fused-ring (bicyclic) bond motifs is 5. The third-order valence-electron chi connectivity index (χ3n) is 8.67. The van der Waals surface area contributed by atoms with Gasteiger partial charge in [-0.3, -0.25) is 9.97 Å². The van der Waals surface area contributed by atoms with E-state index in [4.69, 9.17) is 9.97 Å². The van der Waals surface area contributed by atoms with Gasteiger partial charge in [0, 0.05) is 39.8 Å². The minimum Gasteiger partial charge on any atom is -0.308 e. The second-order valence-corrected chi connectivity index (χ2v) is 11.5. The number of hydrogen-bond acceptors (Lipinski definition) is 4. The molecule has 0 aliphatic rings. The van der Waals surface area contributed by atoms with Crippen LogP contribution in [0.15, 0.2) is 164 Å². The SMILES string of the molecule is c1ccc(-n2c3ccccc3c3c(-c4cccc(-c5cc(-c6ccccn6)nc(-c6ccccn6)c5)c4)nc4ccccc4c32)cc1. The van der Waals surface area contributed by atoms with Crippen molar-refractivity contribution in [2.24, 2.45) is 0 Å². The van der Waals surface area contributed by atoms with Crippen molar-refractivity contribution in [2.45, 2.75) is 0 Å². The number of benzene rings is 4. The van der Waals surface area contributed by atoms with Crippen molar-refractivity contribution >= 4 is 32.7 Å². The van der Waals surface area contributed by atoms with Gasteiger partial charge in [-0.25, -0.2) is 9.97 Å². The fourth-order valence-electron chi connectivity index (χ4n) is 6.57. The van der Waals surface area contributed by atoms with Gasteiger partial charge in [-0.2, -0.15) is 0 Å². The van der Waals surface area contributed by atoms with Gasteiger partial charge in [-0.1, -0.05) is 84.9 Å². The highest BCUT2D eigenvalue weighted by molar-refractivity contribution is 6.22. The zero-order valence-corrected chi connectivity index (χ0v) is 25.3. The molecule has 5 nitrogen and oxygen atoms in total. The Hall–Kier alpha value is -6.46. The van der Waals surface area contributed by atoms with Crippen LogP contribution < -0.4 is 0 Å². The van der Waals surface area contributed by atoms with Crippen LogP contribution in [0.25, 0.3) is 83.6 Å². The molecule has 0 spiro atoms. The van der Waals surface area contributed by atoms with E-state index in [1.807, 2.05) is 36.4 Å². The first-order chi connectivity index (χ1) is 23.3. The van der Waals surface area contributed by atoms with Gasteiger partial charge >= 0.3 is 0 Å². The molecule has 0 radical (unpaired) electrons. The van der Waals surface area contributed by atoms with E-state index in [1.165, 1.54) is 5.39 Å². The Morgan fingerprint density at radius 1 is 0.426 bits per heavy atom. The van der Waals surface area contributed by atoms with Crippen molar-refractivity contribution in [3.63, 3.8) is 0 Å². The van der Waals surface area contributed by atoms with E-state index >= 15 is 0 Å². The lowest BCUT2D eigenvalue weighted by molar-refractivity contribution is 1.18. The average Bonchev–Trinajstić information content (AvgIpc) is 3.51. The summed E-state index contributed by atoms with van der Waals surface area (Å²) in [5.74, 6) is 0. The lowest BCUT2D eigenvalue weighted by atomic mass is 9.97. The Balaban J connectivity index is 1.31. The van der Waals surface area contributed by atoms with Crippen molar-refractivity contribution in [2.75, 3.05) is 0 Å². The molecule has 0 aliphatic carbocycles. The van der Waals surface area contributed by atoms with E-state index in [9.17, 15) is 0 Å². The fourth-order valence-corrected chi connectivity index (χ4v) is 6.57. The van der Waals surface area contributed by atoms with Gasteiger partial charge in [0.2, 0.25) is 0 Å². The first-order valence-electron chi connectivity index (χ1n) is 15.6. The quantitative estimate of drug-likeness (QED) is 0.197. The molecule has 0 amide bonds. The first-order valence-corrected chi connectivity index (χ1v) is 15.6. The van der Waals surface area contributed by atoms with Gasteiger partial charge in [-0.15, -0.1) is 0 Å². The minimum atomic E-state index is 0.798. The van der Waals surface area contributed by atoms with Crippen molar-refractivity contribution in [3.8, 4) is 50.8 Å². The molecular weight excluding hydrogens is 574 g/mol. The largest absolute Gasteiger partial charge is 0.308 e. The fraction of sp³-hybridized carbons (Fsp3) is 0. The van der Waals surface area contributed by atoms with Crippen LogP contribution in [0.3, 0.4) is 0 Å². The van der Waals surface area contributed by atoms with Crippen LogP contribution in [0.5, 0.6) is 0 Å². The van der Waals surface area contributed by atoms with Crippen LogP contribution in [0, 0.1) is 0 Å². The molecule has 0 saturated carbocycles. The molecule has 0 bridgehead atoms. The number of aromatic nitrogens is 5. The third-order valence-corrected chi connectivity index (χ3v) is 8.67. The van der Waals surface area contributed by atoms with Crippen molar-refractivity contribution in [1.82, 2.24) is 24.5 Å². The highest BCUT2D eigenvalue weighted by Crippen LogP contribution is 2.42. The van der Waals surface area contributed by atoms with E-state index in [1.54, 1.807) is 12.4 Å². The standard InChI is InChI=1S/C42H27N5/c1-2-15-31(16-3-1)47-39-22-7-5-18-33(39)40-41(46-34-19-6-4-17-32(34)42(40)47)29-14-12-13-28(25-29)30-26-37(35-20-8-10-23-43-35)45-38(27-30)36-21-9-11-24-44-36/h1-27H. The summed E-state index contributed by atoms with van der Waals surface area (Å²) < 4.78 is 2.38. The van der Waals surface area contributed by atoms with Crippen molar-refractivity contribution in [3.05, 3.63) is 164 Å². The van der Waals surface area contributed by atoms with E-state index < -0.39 is 0 Å². The Bertz CT molecular complexity index is 2500. The third kappa shape index (κ3) is 4.64. The van der Waals surface area contributed by atoms with E-state index in [0.29, 0.717) is 0 Å². The first kappa shape index (κ1) is 26.9. The van der Waals surface area contributed by atoms with Gasteiger partial charge in [0.25, 0.3) is 0 Å². The summed E-state index contributed by atoms with van der Waals surface area (Å²) in [5.41, 5.74) is 11.7. The summed E-state index contributed by atoms with van der Waals surface area (Å²) >= 11 is 0. The Kier molecular flexibility index (Phi) is 6.39. The van der Waals surface area contributed by atoms with Gasteiger partial charge in [-0.05, 0) is 77.9 Å². The molecule has 9 aromatic rings. The number of pyridine rings is 4. The van der Waals surface area contributed by atoms with Crippen molar-refractivity contribution in [1.29, 1.82) is 0 Å². The molecule has 0 aliphatic heterocycles. The Morgan fingerprint density at radius 3 is 1.79 bits per heavy atom. The topological polar surface area (TPSA) is 56.5 Å². The molecule has 4 aromatic carbocycles. The predicted octanol–water partition coefficient (Wildman–Crippen LogP) is 10.2. The second kappa shape index (κ2) is 11.2. The van der Waals surface area contributed by atoms with Gasteiger partial charge in [0.1, 0.15) is 0 Å². The molecule has 0 fully saturated rings. The van der Waals surface area contributed by atoms with Gasteiger partial charge < -0.3 is 4.57 Å². The Morgan fingerprint density at radius 2 is 1.06 bits per heavy atom. The number of rotatable bonds is 5. The van der Waals surface area contributed by atoms with E-state index in [-0.39, 0.29) is 0 Å². The molecule has 5 heteroatoms. The zero-order valence-electron chi connectivity index (χ0n) is 25.3. The summed E-state index contributed by atoms with van der Waals surface area (Å²) in [7, 11) is 0. The van der Waals surface area contributed by atoms with Crippen molar-refractivity contribution < 1.29 is 0 Å². The summed E-state index contributed by atoms with van der Waals surface area (Å²) in [4.78, 5) is 19.5. The molecule has 5 aromatic heterocycles. The van der Waals surface area contributed by atoms with E-state index in [2.05, 4.69) is 130 Å². The molecule has 9 rings (SSSR count). The lowest BCUT2D eigenvalue weighted by Gasteiger charge is -2.13. The number of para-hydroxylation sites is 3. The minimum absolute atomic E-state index is 0.798. The van der Waals surface area contributed by atoms with Crippen LogP contribution in [0.4, 0.5) is 0 Å². The maximum Gasteiger partial charge on any atom is 0.0900 e. The Labute approximate surface area is 271 Å². The monoisotopic (exact) mass is 601 g/mol. The maximum absolute atomic E-state index is 5.35. The smallest absolute Gasteiger partial charge is 0.0900 e. The van der Waals surface area contributed by atoms with Gasteiger partial charge in [0.15, 0.2) is 0 Å². The second-order valence-electron chi connectivity index (χ2n) is 11.5. The van der Waals surface area contributed by atoms with Crippen LogP contribution in [0.2, 0.25) is 0 Å². The normalized spacial score (nSPS) is 11.4. The highest BCUT2D eigenvalue weighted by atomic mass is 15.0. The summed E-state index contributed by atoms with van der Waals surface area (Å²) in [6.45, 7) is 0. The molecule has 0 unspecified atom stereocenters. The van der Waals surface area contributed by atoms with Crippen LogP contribution >= 0.6 is 0 Å². The van der Waals surface area contributed by atoms with Crippen LogP contribution in [-0.4, -0.2) is 24.5 Å². The predicted molar refractivity (Wildman–Crippen MR) is 191 cm³/mol. The molecular formula is C42H27N5. The molecule has 0 N–H and O–H groups in total. The average molecular weight is 602 g/mol. The highest BCUT2D eigenvalue weighted by Gasteiger charge is 2.21. The molecule has 0 saturated heterocycles.